The number of nitrogens with zero attached hydrogens (tertiary/aromatic N) is 1. The predicted octanol–water partition coefficient (Wildman–Crippen LogP) is 1.83. The first-order chi connectivity index (χ1) is 8.56. The summed E-state index contributed by atoms with van der Waals surface area (Å²) < 4.78 is 13.4. The van der Waals surface area contributed by atoms with E-state index in [-0.39, 0.29) is 11.6 Å². The molecule has 0 bridgehead atoms. The minimum Gasteiger partial charge on any atom is -0.399 e. The van der Waals surface area contributed by atoms with Crippen molar-refractivity contribution in [3.8, 4) is 0 Å². The minimum atomic E-state index is -0.465. The third kappa shape index (κ3) is 3.43. The first kappa shape index (κ1) is 12.8. The molecule has 1 aliphatic carbocycles. The Balaban J connectivity index is 1.84. The van der Waals surface area contributed by atoms with Crippen molar-refractivity contribution in [2.45, 2.75) is 25.3 Å². The average molecular weight is 251 g/mol. The fourth-order valence-corrected chi connectivity index (χ4v) is 1.83. The van der Waals surface area contributed by atoms with E-state index < -0.39 is 5.82 Å². The van der Waals surface area contributed by atoms with E-state index in [1.54, 1.807) is 0 Å². The van der Waals surface area contributed by atoms with Gasteiger partial charge in [0.1, 0.15) is 5.82 Å². The number of anilines is 2. The Morgan fingerprint density at radius 1 is 1.56 bits per heavy atom. The van der Waals surface area contributed by atoms with Gasteiger partial charge in [0.15, 0.2) is 0 Å². The lowest BCUT2D eigenvalue weighted by Gasteiger charge is -2.15. The van der Waals surface area contributed by atoms with Gasteiger partial charge in [-0.2, -0.15) is 0 Å². The first-order valence-corrected chi connectivity index (χ1v) is 6.11. The third-order valence-corrected chi connectivity index (χ3v) is 3.13. The molecule has 0 aliphatic heterocycles. The minimum absolute atomic E-state index is 0.147. The third-order valence-electron chi connectivity index (χ3n) is 3.13. The van der Waals surface area contributed by atoms with E-state index in [9.17, 15) is 9.18 Å². The molecular weight excluding hydrogens is 233 g/mol. The number of hydrogen-bond donors (Lipinski definition) is 2. The summed E-state index contributed by atoms with van der Waals surface area (Å²) >= 11 is 0. The van der Waals surface area contributed by atoms with Gasteiger partial charge in [-0.1, -0.05) is 0 Å². The largest absolute Gasteiger partial charge is 0.399 e. The van der Waals surface area contributed by atoms with Crippen molar-refractivity contribution in [3.05, 3.63) is 24.0 Å². The standard InChI is InChI=1S/C13H18FN3O/c1-17(10-3-4-10)7-6-13(18)16-12-8-9(15)2-5-11(12)14/h2,5,8,10H,3-4,6-7,15H2,1H3,(H,16,18). The molecule has 18 heavy (non-hydrogen) atoms. The van der Waals surface area contributed by atoms with Gasteiger partial charge in [-0.15, -0.1) is 0 Å². The lowest BCUT2D eigenvalue weighted by Crippen LogP contribution is -2.26. The van der Waals surface area contributed by atoms with Crippen LogP contribution in [0.2, 0.25) is 0 Å². The smallest absolute Gasteiger partial charge is 0.225 e. The maximum Gasteiger partial charge on any atom is 0.225 e. The van der Waals surface area contributed by atoms with E-state index in [0.717, 1.165) is 0 Å². The van der Waals surface area contributed by atoms with Crippen LogP contribution in [0.4, 0.5) is 15.8 Å². The fourth-order valence-electron chi connectivity index (χ4n) is 1.83. The van der Waals surface area contributed by atoms with Crippen LogP contribution >= 0.6 is 0 Å². The molecule has 1 aromatic carbocycles. The van der Waals surface area contributed by atoms with Crippen LogP contribution in [0.3, 0.4) is 0 Å². The molecule has 1 fully saturated rings. The number of rotatable bonds is 5. The zero-order valence-electron chi connectivity index (χ0n) is 10.4. The molecule has 1 aromatic rings. The van der Waals surface area contributed by atoms with Crippen LogP contribution in [-0.4, -0.2) is 30.4 Å². The molecule has 0 spiro atoms. The van der Waals surface area contributed by atoms with Gasteiger partial charge in [-0.25, -0.2) is 4.39 Å². The van der Waals surface area contributed by atoms with E-state index >= 15 is 0 Å². The number of nitrogens with two attached hydrogens (primary N) is 1. The molecule has 1 aliphatic rings. The number of halogens is 1. The molecule has 3 N–H and O–H groups in total. The molecule has 1 saturated carbocycles. The quantitative estimate of drug-likeness (QED) is 0.785. The SMILES string of the molecule is CN(CCC(=O)Nc1cc(N)ccc1F)C1CC1. The van der Waals surface area contributed by atoms with Gasteiger partial charge >= 0.3 is 0 Å². The highest BCUT2D eigenvalue weighted by molar-refractivity contribution is 5.91. The van der Waals surface area contributed by atoms with E-state index in [4.69, 9.17) is 5.73 Å². The summed E-state index contributed by atoms with van der Waals surface area (Å²) in [5, 5.41) is 2.55. The number of carbonyl (C=O) groups is 1. The highest BCUT2D eigenvalue weighted by Gasteiger charge is 2.25. The molecule has 0 atom stereocenters. The van der Waals surface area contributed by atoms with Gasteiger partial charge in [0.2, 0.25) is 5.91 Å². The molecule has 5 heteroatoms. The van der Waals surface area contributed by atoms with Crippen LogP contribution in [0.15, 0.2) is 18.2 Å². The Morgan fingerprint density at radius 2 is 2.28 bits per heavy atom. The van der Waals surface area contributed by atoms with E-state index in [1.807, 2.05) is 7.05 Å². The molecular formula is C13H18FN3O. The maximum atomic E-state index is 13.4. The topological polar surface area (TPSA) is 58.4 Å². The average Bonchev–Trinajstić information content (AvgIpc) is 3.15. The Hall–Kier alpha value is -1.62. The van der Waals surface area contributed by atoms with Crippen LogP contribution < -0.4 is 11.1 Å². The summed E-state index contributed by atoms with van der Waals surface area (Å²) in [5.41, 5.74) is 6.13. The van der Waals surface area contributed by atoms with Crippen molar-refractivity contribution < 1.29 is 9.18 Å². The van der Waals surface area contributed by atoms with Gasteiger partial charge in [0.25, 0.3) is 0 Å². The molecule has 2 rings (SSSR count). The summed E-state index contributed by atoms with van der Waals surface area (Å²) in [4.78, 5) is 13.8. The van der Waals surface area contributed by atoms with Crippen LogP contribution in [0.25, 0.3) is 0 Å². The summed E-state index contributed by atoms with van der Waals surface area (Å²) in [6.07, 6.45) is 2.78. The number of hydrogen-bond acceptors (Lipinski definition) is 3. The number of carbonyl (C=O) groups excluding carboxylic acids is 1. The molecule has 0 unspecified atom stereocenters. The first-order valence-electron chi connectivity index (χ1n) is 6.11. The van der Waals surface area contributed by atoms with Gasteiger partial charge in [0.05, 0.1) is 5.69 Å². The number of nitrogens with one attached hydrogen (secondary N) is 1. The van der Waals surface area contributed by atoms with Crippen molar-refractivity contribution >= 4 is 17.3 Å². The van der Waals surface area contributed by atoms with Crippen molar-refractivity contribution in [2.75, 3.05) is 24.6 Å². The van der Waals surface area contributed by atoms with Crippen molar-refractivity contribution in [1.29, 1.82) is 0 Å². The van der Waals surface area contributed by atoms with Crippen molar-refractivity contribution in [2.24, 2.45) is 0 Å². The Morgan fingerprint density at radius 3 is 2.94 bits per heavy atom. The second kappa shape index (κ2) is 5.35. The van der Waals surface area contributed by atoms with Gasteiger partial charge in [-0.3, -0.25) is 4.79 Å². The van der Waals surface area contributed by atoms with E-state index in [1.165, 1.54) is 31.0 Å². The zero-order chi connectivity index (χ0) is 13.1. The second-order valence-electron chi connectivity index (χ2n) is 4.75. The highest BCUT2D eigenvalue weighted by Crippen LogP contribution is 2.25. The van der Waals surface area contributed by atoms with Crippen molar-refractivity contribution in [1.82, 2.24) is 4.90 Å². The van der Waals surface area contributed by atoms with Gasteiger partial charge < -0.3 is 16.0 Å². The lowest BCUT2D eigenvalue weighted by atomic mass is 10.2. The van der Waals surface area contributed by atoms with E-state index in [2.05, 4.69) is 10.2 Å². The van der Waals surface area contributed by atoms with Gasteiger partial charge in [0, 0.05) is 24.7 Å². The molecule has 1 amide bonds. The lowest BCUT2D eigenvalue weighted by molar-refractivity contribution is -0.116. The number of nitrogen functional groups attached to an aromatic ring is 1. The number of benzene rings is 1. The van der Waals surface area contributed by atoms with Gasteiger partial charge in [-0.05, 0) is 38.1 Å². The van der Waals surface area contributed by atoms with E-state index in [0.29, 0.717) is 24.7 Å². The molecule has 0 radical (unpaired) electrons. The molecule has 0 heterocycles. The molecule has 0 saturated heterocycles. The molecule has 4 nitrogen and oxygen atoms in total. The summed E-state index contributed by atoms with van der Waals surface area (Å²) in [6, 6.07) is 4.77. The van der Waals surface area contributed by atoms with Crippen LogP contribution in [0.5, 0.6) is 0 Å². The Kier molecular flexibility index (Phi) is 3.81. The predicted molar refractivity (Wildman–Crippen MR) is 69.7 cm³/mol. The Bertz CT molecular complexity index is 446. The fraction of sp³-hybridized carbons (Fsp3) is 0.462. The van der Waals surface area contributed by atoms with Crippen LogP contribution in [-0.2, 0) is 4.79 Å². The highest BCUT2D eigenvalue weighted by atomic mass is 19.1. The summed E-state index contributed by atoms with van der Waals surface area (Å²) in [5.74, 6) is -0.653. The monoisotopic (exact) mass is 251 g/mol. The van der Waals surface area contributed by atoms with Crippen LogP contribution in [0.1, 0.15) is 19.3 Å². The number of amides is 1. The normalized spacial score (nSPS) is 14.8. The molecule has 0 aromatic heterocycles. The second-order valence-corrected chi connectivity index (χ2v) is 4.75. The summed E-state index contributed by atoms with van der Waals surface area (Å²) in [7, 11) is 2.01. The zero-order valence-corrected chi connectivity index (χ0v) is 10.4. The van der Waals surface area contributed by atoms with Crippen LogP contribution in [0, 0.1) is 5.82 Å². The molecule has 98 valence electrons. The van der Waals surface area contributed by atoms with Crippen molar-refractivity contribution in [3.63, 3.8) is 0 Å². The maximum absolute atomic E-state index is 13.4. The Labute approximate surface area is 106 Å². The summed E-state index contributed by atoms with van der Waals surface area (Å²) in [6.45, 7) is 0.695.